The molecule has 6 N–H and O–H groups in total. The summed E-state index contributed by atoms with van der Waals surface area (Å²) in [5.74, 6) is -8.34. The Morgan fingerprint density at radius 2 is 1.62 bits per heavy atom. The van der Waals surface area contributed by atoms with Crippen molar-refractivity contribution in [1.29, 1.82) is 0 Å². The van der Waals surface area contributed by atoms with Crippen molar-refractivity contribution in [2.24, 2.45) is 28.8 Å². The van der Waals surface area contributed by atoms with Gasteiger partial charge in [0.05, 0.1) is 53.0 Å². The molecule has 4 heterocycles. The lowest BCUT2D eigenvalue weighted by atomic mass is 9.78. The summed E-state index contributed by atoms with van der Waals surface area (Å²) in [5.41, 5.74) is -0.336. The summed E-state index contributed by atoms with van der Waals surface area (Å²) in [6.45, 7) is 13.7. The first-order valence-corrected chi connectivity index (χ1v) is 20.7. The Morgan fingerprint density at radius 1 is 0.967 bits per heavy atom. The molecule has 0 radical (unpaired) electrons. The van der Waals surface area contributed by atoms with Crippen molar-refractivity contribution in [3.05, 3.63) is 52.8 Å². The van der Waals surface area contributed by atoms with E-state index in [1.165, 1.54) is 59.4 Å². The maximum atomic E-state index is 14.5. The molecule has 61 heavy (non-hydrogen) atoms. The molecule has 6 rings (SSSR count). The van der Waals surface area contributed by atoms with E-state index in [-0.39, 0.29) is 44.5 Å². The lowest BCUT2D eigenvalue weighted by Gasteiger charge is -2.38. The van der Waals surface area contributed by atoms with Gasteiger partial charge in [0.25, 0.3) is 11.7 Å². The number of amides is 1. The summed E-state index contributed by atoms with van der Waals surface area (Å²) in [7, 11) is 5.47. The number of hydrogen-bond donors (Lipinski definition) is 6. The number of benzene rings is 2. The van der Waals surface area contributed by atoms with Crippen LogP contribution in [0.1, 0.15) is 82.8 Å². The highest BCUT2D eigenvalue weighted by molar-refractivity contribution is 6.23. The topological polar surface area (TPSA) is 220 Å². The number of aliphatic hydroxyl groups excluding tert-OH is 2. The van der Waals surface area contributed by atoms with Crippen molar-refractivity contribution >= 4 is 40.3 Å². The van der Waals surface area contributed by atoms with Crippen LogP contribution < -0.4 is 10.1 Å². The number of anilines is 1. The number of hydrazone groups is 1. The molecule has 0 aliphatic carbocycles. The number of nitrogens with zero attached hydrogens (tertiary/aromatic N) is 3. The molecule has 4 aliphatic rings. The van der Waals surface area contributed by atoms with E-state index in [0.717, 1.165) is 12.8 Å². The lowest BCUT2D eigenvalue weighted by molar-refractivity contribution is -0.160. The summed E-state index contributed by atoms with van der Waals surface area (Å²) in [4.78, 5) is 42.8. The van der Waals surface area contributed by atoms with Crippen molar-refractivity contribution in [3.8, 4) is 23.0 Å². The number of ketones is 1. The number of nitrogens with one attached hydrogen (secondary N) is 1. The summed E-state index contributed by atoms with van der Waals surface area (Å²) < 4.78 is 23.7. The quantitative estimate of drug-likeness (QED) is 0.0997. The monoisotopic (exact) mass is 850 g/mol. The fourth-order valence-corrected chi connectivity index (χ4v) is 8.50. The molecule has 4 aliphatic heterocycles. The van der Waals surface area contributed by atoms with Crippen LogP contribution >= 0.6 is 0 Å². The molecule has 334 valence electrons. The molecule has 9 atom stereocenters. The normalized spacial score (nSPS) is 31.5. The van der Waals surface area contributed by atoms with Crippen molar-refractivity contribution in [1.82, 2.24) is 9.91 Å². The minimum absolute atomic E-state index is 0.0572. The summed E-state index contributed by atoms with van der Waals surface area (Å²) >= 11 is 0. The van der Waals surface area contributed by atoms with Gasteiger partial charge in [0.15, 0.2) is 5.75 Å². The Kier molecular flexibility index (Phi) is 14.5. The maximum Gasteiger partial charge on any atom is 0.312 e. The highest BCUT2D eigenvalue weighted by Crippen LogP contribution is 2.55. The maximum absolute atomic E-state index is 14.5. The standard InChI is InChI=1S/C45H62N4O12/c1-22-13-12-14-23(2)44(57)47-35-30(21-46-49-18-15-29(16-19-49)48(9)10)39(54)32-33(40(35)55)38(53)27(6)42-34(32)43(56)45(8,61-42)59-20-17-31(58-11)24(3)41(60-28(7)50)26(5)37(52)25(4)36(22)51/h12-14,17,20-22,24-26,29,31,36-37,41,51-55H,15-16,18-19H2,1-11H3,(H,47,57)/b13-12+,20-17+,23-14-,46-21+/t22-,24-,25-,26-,31+,36+,37+,41-,45+/m1/s1. The molecule has 0 unspecified atom stereocenters. The highest BCUT2D eigenvalue weighted by Gasteiger charge is 2.50. The van der Waals surface area contributed by atoms with Crippen molar-refractivity contribution in [3.63, 3.8) is 0 Å². The molecule has 2 aromatic rings. The smallest absolute Gasteiger partial charge is 0.312 e. The van der Waals surface area contributed by atoms with Gasteiger partial charge < -0.3 is 54.7 Å². The zero-order valence-corrected chi connectivity index (χ0v) is 36.9. The van der Waals surface area contributed by atoms with Crippen LogP contribution in [-0.2, 0) is 23.8 Å². The minimum atomic E-state index is -2.05. The molecule has 2 aromatic carbocycles. The third kappa shape index (κ3) is 9.37. The summed E-state index contributed by atoms with van der Waals surface area (Å²) in [6, 6.07) is 0.359. The van der Waals surface area contributed by atoms with E-state index >= 15 is 0 Å². The van der Waals surface area contributed by atoms with Gasteiger partial charge in [-0.3, -0.25) is 19.4 Å². The number of carbonyl (C=O) groups excluding carboxylic acids is 3. The van der Waals surface area contributed by atoms with Gasteiger partial charge in [0.2, 0.25) is 0 Å². The number of carbonyl (C=O) groups is 3. The second kappa shape index (κ2) is 18.8. The lowest BCUT2D eigenvalue weighted by Crippen LogP contribution is -2.46. The first kappa shape index (κ1) is 46.9. The molecule has 16 heteroatoms. The van der Waals surface area contributed by atoms with Gasteiger partial charge in [-0.2, -0.15) is 5.10 Å². The predicted octanol–water partition coefficient (Wildman–Crippen LogP) is 5.11. The van der Waals surface area contributed by atoms with Gasteiger partial charge >= 0.3 is 11.8 Å². The van der Waals surface area contributed by atoms with E-state index in [1.54, 1.807) is 39.8 Å². The van der Waals surface area contributed by atoms with Gasteiger partial charge in [-0.25, -0.2) is 0 Å². The minimum Gasteiger partial charge on any atom is -0.507 e. The second-order valence-corrected chi connectivity index (χ2v) is 17.0. The predicted molar refractivity (Wildman–Crippen MR) is 230 cm³/mol. The number of phenols is 3. The molecular formula is C45H62N4O12. The van der Waals surface area contributed by atoms with Gasteiger partial charge in [0, 0.05) is 80.3 Å². The number of aliphatic hydroxyl groups is 2. The van der Waals surface area contributed by atoms with E-state index in [9.17, 15) is 39.9 Å². The fraction of sp³-hybridized carbons (Fsp3) is 0.556. The number of ether oxygens (including phenoxy) is 4. The Hall–Kier alpha value is -5.16. The number of phenolic OH excluding ortho intramolecular Hbond substituents is 3. The van der Waals surface area contributed by atoms with E-state index in [4.69, 9.17) is 18.9 Å². The van der Waals surface area contributed by atoms with Gasteiger partial charge in [-0.05, 0) is 46.9 Å². The molecule has 0 spiro atoms. The molecule has 1 amide bonds. The average Bonchev–Trinajstić information content (AvgIpc) is 3.49. The molecule has 5 bridgehead atoms. The highest BCUT2D eigenvalue weighted by atomic mass is 16.7. The zero-order chi connectivity index (χ0) is 45.2. The van der Waals surface area contributed by atoms with Gasteiger partial charge in [0.1, 0.15) is 23.4 Å². The molecule has 0 aromatic heterocycles. The third-order valence-corrected chi connectivity index (χ3v) is 12.6. The van der Waals surface area contributed by atoms with Crippen molar-refractivity contribution in [2.45, 2.75) is 104 Å². The van der Waals surface area contributed by atoms with Crippen LogP contribution in [0, 0.1) is 30.6 Å². The molecule has 16 nitrogen and oxygen atoms in total. The third-order valence-electron chi connectivity index (χ3n) is 12.6. The summed E-state index contributed by atoms with van der Waals surface area (Å²) in [5, 5.41) is 67.2. The van der Waals surface area contributed by atoms with Crippen LogP contribution in [0.2, 0.25) is 0 Å². The van der Waals surface area contributed by atoms with Gasteiger partial charge in [-0.1, -0.05) is 45.9 Å². The number of hydrogen-bond acceptors (Lipinski definition) is 15. The van der Waals surface area contributed by atoms with Crippen LogP contribution in [0.25, 0.3) is 10.8 Å². The van der Waals surface area contributed by atoms with E-state index in [2.05, 4.69) is 15.3 Å². The van der Waals surface area contributed by atoms with Crippen LogP contribution in [0.3, 0.4) is 0 Å². The number of rotatable bonds is 5. The molecule has 1 saturated heterocycles. The van der Waals surface area contributed by atoms with Crippen LogP contribution in [-0.4, -0.2) is 130 Å². The SMILES string of the molecule is CO[C@H]1/C=C/O[C@@]2(C)Oc3c(C)c(O)c4c(O)c(c(/C=N/N5CCC(N(C)C)CC5)c(O)c4c3C2=O)NC(=O)/C(C)=C\C=C\[C@@H](C)[C@H](O)[C@@H](C)[C@H](O)[C@@H](C)[C@H](OC(C)=O)[C@@H]1C. The van der Waals surface area contributed by atoms with Crippen LogP contribution in [0.4, 0.5) is 5.69 Å². The Bertz CT molecular complexity index is 2120. The number of piperidine rings is 1. The van der Waals surface area contributed by atoms with Crippen LogP contribution in [0.15, 0.2) is 41.2 Å². The molecular weight excluding hydrogens is 789 g/mol. The van der Waals surface area contributed by atoms with E-state index in [1.807, 2.05) is 19.1 Å². The first-order chi connectivity index (χ1) is 28.6. The number of Topliss-reactive ketones (excluding diaryl/α,β-unsaturated/α-hetero) is 1. The van der Waals surface area contributed by atoms with Gasteiger partial charge in [-0.15, -0.1) is 0 Å². The Balaban J connectivity index is 1.69. The Labute approximate surface area is 357 Å². The number of esters is 1. The number of methoxy groups -OCH3 is 1. The van der Waals surface area contributed by atoms with Crippen molar-refractivity contribution in [2.75, 3.05) is 39.6 Å². The Morgan fingerprint density at radius 3 is 2.23 bits per heavy atom. The fourth-order valence-electron chi connectivity index (χ4n) is 8.50. The number of aromatic hydroxyl groups is 3. The summed E-state index contributed by atoms with van der Waals surface area (Å²) in [6.07, 6.45) is 6.54. The molecule has 1 fully saturated rings. The second-order valence-electron chi connectivity index (χ2n) is 17.0. The van der Waals surface area contributed by atoms with Crippen LogP contribution in [0.5, 0.6) is 23.0 Å². The molecule has 0 saturated carbocycles. The zero-order valence-electron chi connectivity index (χ0n) is 36.9. The number of allylic oxidation sites excluding steroid dienone is 2. The van der Waals surface area contributed by atoms with E-state index in [0.29, 0.717) is 19.1 Å². The number of fused-ring (bicyclic) bond motifs is 14. The average molecular weight is 851 g/mol. The van der Waals surface area contributed by atoms with E-state index < -0.39 is 88.8 Å². The van der Waals surface area contributed by atoms with Crippen molar-refractivity contribution < 1.29 is 58.9 Å². The first-order valence-electron chi connectivity index (χ1n) is 20.7. The largest absolute Gasteiger partial charge is 0.507 e.